The lowest BCUT2D eigenvalue weighted by atomic mass is 10.2. The largest absolute Gasteiger partial charge is 0.311 e. The quantitative estimate of drug-likeness (QED) is 0.899. The van der Waals surface area contributed by atoms with Crippen molar-refractivity contribution in [3.63, 3.8) is 0 Å². The first-order valence-electron chi connectivity index (χ1n) is 7.42. The number of amides is 1. The van der Waals surface area contributed by atoms with Crippen LogP contribution < -0.4 is 9.62 Å². The van der Waals surface area contributed by atoms with E-state index < -0.39 is 10.0 Å². The summed E-state index contributed by atoms with van der Waals surface area (Å²) in [6.45, 7) is 2.18. The molecule has 6 nitrogen and oxygen atoms in total. The molecule has 0 fully saturated rings. The summed E-state index contributed by atoms with van der Waals surface area (Å²) in [5, 5.41) is 0. The monoisotopic (exact) mass is 363 g/mol. The van der Waals surface area contributed by atoms with Crippen LogP contribution in [0.4, 0.5) is 5.69 Å². The molecular formula is C16H17N3O3S2. The first-order valence-corrected chi connectivity index (χ1v) is 9.89. The van der Waals surface area contributed by atoms with Crippen molar-refractivity contribution >= 4 is 33.4 Å². The van der Waals surface area contributed by atoms with Crippen molar-refractivity contribution in [2.24, 2.45) is 0 Å². The van der Waals surface area contributed by atoms with Crippen molar-refractivity contribution in [1.29, 1.82) is 0 Å². The highest BCUT2D eigenvalue weighted by Gasteiger charge is 2.23. The lowest BCUT2D eigenvalue weighted by Gasteiger charge is -2.28. The molecule has 0 bridgehead atoms. The van der Waals surface area contributed by atoms with Crippen LogP contribution in [0.2, 0.25) is 0 Å². The Morgan fingerprint density at radius 2 is 2.17 bits per heavy atom. The van der Waals surface area contributed by atoms with Gasteiger partial charge in [0.25, 0.3) is 0 Å². The Hall–Kier alpha value is -1.90. The Morgan fingerprint density at radius 1 is 1.33 bits per heavy atom. The summed E-state index contributed by atoms with van der Waals surface area (Å²) in [6.07, 6.45) is 1.62. The molecule has 8 heteroatoms. The second-order valence-corrected chi connectivity index (χ2v) is 8.20. The zero-order valence-corrected chi connectivity index (χ0v) is 14.7. The maximum Gasteiger partial charge on any atom is 0.240 e. The number of anilines is 1. The highest BCUT2D eigenvalue weighted by Crippen LogP contribution is 2.36. The summed E-state index contributed by atoms with van der Waals surface area (Å²) < 4.78 is 27.6. The minimum Gasteiger partial charge on any atom is -0.311 e. The summed E-state index contributed by atoms with van der Waals surface area (Å²) in [5.41, 5.74) is 1.29. The molecule has 0 aliphatic carbocycles. The summed E-state index contributed by atoms with van der Waals surface area (Å²) in [5.74, 6) is 0.712. The number of nitrogens with zero attached hydrogens (tertiary/aromatic N) is 2. The normalized spacial score (nSPS) is 14.3. The van der Waals surface area contributed by atoms with E-state index in [1.807, 2.05) is 0 Å². The number of carbonyl (C=O) groups excluding carboxylic acids is 1. The predicted octanol–water partition coefficient (Wildman–Crippen LogP) is 2.02. The van der Waals surface area contributed by atoms with Crippen LogP contribution in [0, 0.1) is 0 Å². The molecule has 2 aromatic rings. The number of aromatic nitrogens is 1. The molecule has 24 heavy (non-hydrogen) atoms. The van der Waals surface area contributed by atoms with Gasteiger partial charge in [0.2, 0.25) is 15.9 Å². The minimum atomic E-state index is -3.68. The van der Waals surface area contributed by atoms with Crippen molar-refractivity contribution in [3.8, 4) is 0 Å². The second-order valence-electron chi connectivity index (χ2n) is 5.29. The molecule has 1 aliphatic rings. The molecule has 1 aromatic carbocycles. The van der Waals surface area contributed by atoms with Gasteiger partial charge in [-0.3, -0.25) is 9.78 Å². The Morgan fingerprint density at radius 3 is 2.88 bits per heavy atom. The van der Waals surface area contributed by atoms with Gasteiger partial charge in [-0.05, 0) is 30.3 Å². The zero-order valence-electron chi connectivity index (χ0n) is 13.1. The van der Waals surface area contributed by atoms with Crippen LogP contribution in [0.25, 0.3) is 0 Å². The third-order valence-corrected chi connectivity index (χ3v) is 6.10. The van der Waals surface area contributed by atoms with Gasteiger partial charge in [-0.2, -0.15) is 0 Å². The Kier molecular flexibility index (Phi) is 4.88. The number of carbonyl (C=O) groups is 1. The molecule has 2 heterocycles. The summed E-state index contributed by atoms with van der Waals surface area (Å²) in [6, 6.07) is 10.2. The number of sulfonamides is 1. The number of nitrogens with one attached hydrogen (secondary N) is 1. The molecule has 1 N–H and O–H groups in total. The number of fused-ring (bicyclic) bond motifs is 1. The fraction of sp³-hybridized carbons (Fsp3) is 0.250. The number of hydrogen-bond acceptors (Lipinski definition) is 5. The molecule has 0 spiro atoms. The Labute approximate surface area is 145 Å². The van der Waals surface area contributed by atoms with E-state index in [2.05, 4.69) is 9.71 Å². The predicted molar refractivity (Wildman–Crippen MR) is 93.5 cm³/mol. The minimum absolute atomic E-state index is 0.0902. The first-order chi connectivity index (χ1) is 11.5. The van der Waals surface area contributed by atoms with Crippen LogP contribution >= 0.6 is 11.8 Å². The summed E-state index contributed by atoms with van der Waals surface area (Å²) >= 11 is 1.62. The van der Waals surface area contributed by atoms with Crippen molar-refractivity contribution in [2.45, 2.75) is 23.3 Å². The maximum atomic E-state index is 12.5. The first kappa shape index (κ1) is 16.9. The smallest absolute Gasteiger partial charge is 0.240 e. The molecular weight excluding hydrogens is 346 g/mol. The van der Waals surface area contributed by atoms with Gasteiger partial charge in [-0.25, -0.2) is 13.1 Å². The van der Waals surface area contributed by atoms with E-state index in [0.29, 0.717) is 17.9 Å². The molecule has 3 rings (SSSR count). The average molecular weight is 363 g/mol. The molecule has 1 aliphatic heterocycles. The lowest BCUT2D eigenvalue weighted by molar-refractivity contribution is -0.116. The molecule has 0 unspecified atom stereocenters. The maximum absolute atomic E-state index is 12.5. The van der Waals surface area contributed by atoms with Crippen LogP contribution in [0.15, 0.2) is 52.4 Å². The fourth-order valence-corrected chi connectivity index (χ4v) is 4.44. The van der Waals surface area contributed by atoms with Gasteiger partial charge in [-0.1, -0.05) is 6.07 Å². The van der Waals surface area contributed by atoms with Gasteiger partial charge in [0, 0.05) is 30.3 Å². The molecule has 0 saturated heterocycles. The number of thioether (sulfide) groups is 1. The van der Waals surface area contributed by atoms with Crippen LogP contribution in [0.3, 0.4) is 0 Å². The highest BCUT2D eigenvalue weighted by atomic mass is 32.2. The van der Waals surface area contributed by atoms with E-state index in [-0.39, 0.29) is 17.3 Å². The van der Waals surface area contributed by atoms with Crippen molar-refractivity contribution < 1.29 is 13.2 Å². The van der Waals surface area contributed by atoms with E-state index >= 15 is 0 Å². The standard InChI is InChI=1S/C16H17N3O3S2/c1-12(20)19-8-9-23-16-6-5-14(10-15(16)19)24(21,22)18-11-13-4-2-3-7-17-13/h2-7,10,18H,8-9,11H2,1H3. The van der Waals surface area contributed by atoms with Crippen LogP contribution in [0.1, 0.15) is 12.6 Å². The fourth-order valence-electron chi connectivity index (χ4n) is 2.45. The molecule has 0 saturated carbocycles. The van der Waals surface area contributed by atoms with Gasteiger partial charge in [0.15, 0.2) is 0 Å². The molecule has 0 radical (unpaired) electrons. The average Bonchev–Trinajstić information content (AvgIpc) is 2.60. The van der Waals surface area contributed by atoms with E-state index in [1.54, 1.807) is 59.3 Å². The van der Waals surface area contributed by atoms with Gasteiger partial charge >= 0.3 is 0 Å². The van der Waals surface area contributed by atoms with Crippen LogP contribution in [-0.2, 0) is 21.4 Å². The Balaban J connectivity index is 1.86. The van der Waals surface area contributed by atoms with Crippen molar-refractivity contribution in [3.05, 3.63) is 48.3 Å². The van der Waals surface area contributed by atoms with Crippen LogP contribution in [0.5, 0.6) is 0 Å². The molecule has 126 valence electrons. The number of hydrogen-bond donors (Lipinski definition) is 1. The van der Waals surface area contributed by atoms with E-state index in [4.69, 9.17) is 0 Å². The summed E-state index contributed by atoms with van der Waals surface area (Å²) in [7, 11) is -3.68. The third kappa shape index (κ3) is 3.61. The van der Waals surface area contributed by atoms with E-state index in [9.17, 15) is 13.2 Å². The van der Waals surface area contributed by atoms with E-state index in [0.717, 1.165) is 10.6 Å². The third-order valence-electron chi connectivity index (χ3n) is 3.65. The lowest BCUT2D eigenvalue weighted by Crippen LogP contribution is -2.33. The van der Waals surface area contributed by atoms with Crippen molar-refractivity contribution in [2.75, 3.05) is 17.2 Å². The number of benzene rings is 1. The van der Waals surface area contributed by atoms with Gasteiger partial charge in [0.05, 0.1) is 22.8 Å². The molecule has 1 aromatic heterocycles. The zero-order chi connectivity index (χ0) is 17.2. The summed E-state index contributed by atoms with van der Waals surface area (Å²) in [4.78, 5) is 18.6. The van der Waals surface area contributed by atoms with Crippen LogP contribution in [-0.4, -0.2) is 31.6 Å². The highest BCUT2D eigenvalue weighted by molar-refractivity contribution is 7.99. The number of rotatable bonds is 4. The van der Waals surface area contributed by atoms with Gasteiger partial charge < -0.3 is 4.90 Å². The van der Waals surface area contributed by atoms with E-state index in [1.165, 1.54) is 6.92 Å². The second kappa shape index (κ2) is 6.92. The SMILES string of the molecule is CC(=O)N1CCSc2ccc(S(=O)(=O)NCc3ccccn3)cc21. The molecule has 1 amide bonds. The Bertz CT molecular complexity index is 854. The topological polar surface area (TPSA) is 79.4 Å². The number of pyridine rings is 1. The van der Waals surface area contributed by atoms with Gasteiger partial charge in [0.1, 0.15) is 0 Å². The van der Waals surface area contributed by atoms with Gasteiger partial charge in [-0.15, -0.1) is 11.8 Å². The van der Waals surface area contributed by atoms with Crippen molar-refractivity contribution in [1.82, 2.24) is 9.71 Å². The molecule has 0 atom stereocenters.